The molecule has 1 saturated heterocycles. The third kappa shape index (κ3) is 4.48. The van der Waals surface area contributed by atoms with Crippen LogP contribution in [-0.4, -0.2) is 49.3 Å². The van der Waals surface area contributed by atoms with Gasteiger partial charge in [-0.25, -0.2) is 0 Å². The van der Waals surface area contributed by atoms with Crippen molar-refractivity contribution < 1.29 is 4.74 Å². The summed E-state index contributed by atoms with van der Waals surface area (Å²) in [6.07, 6.45) is 1.61. The third-order valence-electron chi connectivity index (χ3n) is 2.73. The van der Waals surface area contributed by atoms with Crippen LogP contribution in [-0.2, 0) is 4.74 Å². The monoisotopic (exact) mass is 225 g/mol. The molecule has 0 bridgehead atoms. The van der Waals surface area contributed by atoms with Gasteiger partial charge in [-0.05, 0) is 26.8 Å². The Morgan fingerprint density at radius 3 is 2.56 bits per heavy atom. The van der Waals surface area contributed by atoms with Gasteiger partial charge < -0.3 is 10.1 Å². The zero-order valence-corrected chi connectivity index (χ0v) is 10.6. The molecular weight excluding hydrogens is 202 g/mol. The molecule has 1 rings (SSSR count). The normalized spacial score (nSPS) is 28.6. The van der Waals surface area contributed by atoms with Crippen molar-refractivity contribution in [1.29, 1.82) is 5.26 Å². The van der Waals surface area contributed by atoms with Gasteiger partial charge in [-0.3, -0.25) is 4.90 Å². The number of nitrogens with one attached hydrogen (secondary N) is 1. The SMILES string of the molecule is CCCNC(C#N)CN1C[C@@H](C)O[C@@H](C)C1. The molecule has 0 aromatic heterocycles. The van der Waals surface area contributed by atoms with E-state index in [1.54, 1.807) is 0 Å². The Balaban J connectivity index is 2.36. The Bertz CT molecular complexity index is 229. The first-order chi connectivity index (χ1) is 7.65. The Kier molecular flexibility index (Phi) is 5.75. The molecule has 4 heteroatoms. The minimum absolute atomic E-state index is 0.0579. The van der Waals surface area contributed by atoms with Crippen molar-refractivity contribution in [2.75, 3.05) is 26.2 Å². The van der Waals surface area contributed by atoms with E-state index in [0.29, 0.717) is 0 Å². The van der Waals surface area contributed by atoms with E-state index >= 15 is 0 Å². The molecule has 0 aliphatic carbocycles. The predicted molar refractivity (Wildman–Crippen MR) is 64.1 cm³/mol. The first-order valence-electron chi connectivity index (χ1n) is 6.16. The largest absolute Gasteiger partial charge is 0.373 e. The van der Waals surface area contributed by atoms with Gasteiger partial charge in [-0.1, -0.05) is 6.92 Å². The van der Waals surface area contributed by atoms with Gasteiger partial charge in [-0.15, -0.1) is 0 Å². The second-order valence-corrected chi connectivity index (χ2v) is 4.61. The molecule has 0 aromatic carbocycles. The summed E-state index contributed by atoms with van der Waals surface area (Å²) in [6, 6.07) is 2.26. The van der Waals surface area contributed by atoms with E-state index in [4.69, 9.17) is 10.00 Å². The maximum absolute atomic E-state index is 9.04. The quantitative estimate of drug-likeness (QED) is 0.758. The summed E-state index contributed by atoms with van der Waals surface area (Å²) in [5.74, 6) is 0. The number of morpholine rings is 1. The molecule has 0 spiro atoms. The summed E-state index contributed by atoms with van der Waals surface area (Å²) in [5, 5.41) is 12.3. The van der Waals surface area contributed by atoms with Crippen molar-refractivity contribution in [2.45, 2.75) is 45.4 Å². The highest BCUT2D eigenvalue weighted by Crippen LogP contribution is 2.10. The molecule has 1 fully saturated rings. The molecule has 0 aromatic rings. The minimum atomic E-state index is -0.0579. The molecule has 1 aliphatic rings. The summed E-state index contributed by atoms with van der Waals surface area (Å²) in [6.45, 7) is 9.85. The zero-order chi connectivity index (χ0) is 12.0. The van der Waals surface area contributed by atoms with Crippen LogP contribution < -0.4 is 5.32 Å². The minimum Gasteiger partial charge on any atom is -0.373 e. The van der Waals surface area contributed by atoms with E-state index in [1.165, 1.54) is 0 Å². The van der Waals surface area contributed by atoms with Crippen LogP contribution in [0.4, 0.5) is 0 Å². The van der Waals surface area contributed by atoms with Crippen LogP contribution in [0.15, 0.2) is 0 Å². The Morgan fingerprint density at radius 2 is 2.06 bits per heavy atom. The molecule has 3 atom stereocenters. The molecule has 0 amide bonds. The molecule has 1 unspecified atom stereocenters. The van der Waals surface area contributed by atoms with Crippen molar-refractivity contribution in [1.82, 2.24) is 10.2 Å². The van der Waals surface area contributed by atoms with Crippen LogP contribution in [0, 0.1) is 11.3 Å². The summed E-state index contributed by atoms with van der Waals surface area (Å²) < 4.78 is 5.67. The predicted octanol–water partition coefficient (Wildman–Crippen LogP) is 0.987. The standard InChI is InChI=1S/C12H23N3O/c1-4-5-14-12(6-13)9-15-7-10(2)16-11(3)8-15/h10-12,14H,4-5,7-9H2,1-3H3/t10-,11+,12?. The molecule has 4 nitrogen and oxygen atoms in total. The lowest BCUT2D eigenvalue weighted by atomic mass is 10.2. The van der Waals surface area contributed by atoms with E-state index in [1.807, 2.05) is 0 Å². The second-order valence-electron chi connectivity index (χ2n) is 4.61. The summed E-state index contributed by atoms with van der Waals surface area (Å²) in [5.41, 5.74) is 0. The number of hydrogen-bond donors (Lipinski definition) is 1. The van der Waals surface area contributed by atoms with E-state index < -0.39 is 0 Å². The molecule has 1 aliphatic heterocycles. The topological polar surface area (TPSA) is 48.3 Å². The lowest BCUT2D eigenvalue weighted by Crippen LogP contribution is -2.50. The van der Waals surface area contributed by atoms with Gasteiger partial charge in [0.2, 0.25) is 0 Å². The summed E-state index contributed by atoms with van der Waals surface area (Å²) in [7, 11) is 0. The molecule has 1 N–H and O–H groups in total. The van der Waals surface area contributed by atoms with Crippen LogP contribution in [0.25, 0.3) is 0 Å². The van der Waals surface area contributed by atoms with E-state index in [9.17, 15) is 0 Å². The maximum atomic E-state index is 9.04. The van der Waals surface area contributed by atoms with Crippen LogP contribution in [0.1, 0.15) is 27.2 Å². The van der Waals surface area contributed by atoms with Gasteiger partial charge in [-0.2, -0.15) is 5.26 Å². The third-order valence-corrected chi connectivity index (χ3v) is 2.73. The van der Waals surface area contributed by atoms with Crippen molar-refractivity contribution in [3.8, 4) is 6.07 Å². The smallest absolute Gasteiger partial charge is 0.108 e. The van der Waals surface area contributed by atoms with Crippen LogP contribution in [0.5, 0.6) is 0 Å². The van der Waals surface area contributed by atoms with Gasteiger partial charge in [0.25, 0.3) is 0 Å². The van der Waals surface area contributed by atoms with Crippen molar-refractivity contribution >= 4 is 0 Å². The van der Waals surface area contributed by atoms with Gasteiger partial charge in [0, 0.05) is 19.6 Å². The van der Waals surface area contributed by atoms with Gasteiger partial charge in [0.1, 0.15) is 6.04 Å². The lowest BCUT2D eigenvalue weighted by Gasteiger charge is -2.36. The lowest BCUT2D eigenvalue weighted by molar-refractivity contribution is -0.0687. The first kappa shape index (κ1) is 13.4. The summed E-state index contributed by atoms with van der Waals surface area (Å²) in [4.78, 5) is 2.31. The first-order valence-corrected chi connectivity index (χ1v) is 6.16. The van der Waals surface area contributed by atoms with Gasteiger partial charge >= 0.3 is 0 Å². The average molecular weight is 225 g/mol. The van der Waals surface area contributed by atoms with Crippen LogP contribution in [0.2, 0.25) is 0 Å². The molecule has 1 heterocycles. The zero-order valence-electron chi connectivity index (χ0n) is 10.6. The molecule has 0 radical (unpaired) electrons. The van der Waals surface area contributed by atoms with E-state index in [2.05, 4.69) is 37.1 Å². The number of nitrogens with zero attached hydrogens (tertiary/aromatic N) is 2. The number of rotatable bonds is 5. The number of nitriles is 1. The fourth-order valence-corrected chi connectivity index (χ4v) is 2.16. The van der Waals surface area contributed by atoms with Crippen molar-refractivity contribution in [2.24, 2.45) is 0 Å². The van der Waals surface area contributed by atoms with E-state index in [-0.39, 0.29) is 18.2 Å². The maximum Gasteiger partial charge on any atom is 0.108 e. The Labute approximate surface area is 98.6 Å². The molecular formula is C12H23N3O. The highest BCUT2D eigenvalue weighted by atomic mass is 16.5. The Morgan fingerprint density at radius 1 is 1.44 bits per heavy atom. The van der Waals surface area contributed by atoms with Gasteiger partial charge in [0.15, 0.2) is 0 Å². The van der Waals surface area contributed by atoms with Gasteiger partial charge in [0.05, 0.1) is 18.3 Å². The molecule has 92 valence electrons. The van der Waals surface area contributed by atoms with Crippen LogP contribution in [0.3, 0.4) is 0 Å². The highest BCUT2D eigenvalue weighted by Gasteiger charge is 2.23. The van der Waals surface area contributed by atoms with Crippen molar-refractivity contribution in [3.63, 3.8) is 0 Å². The average Bonchev–Trinajstić information content (AvgIpc) is 2.22. The molecule has 16 heavy (non-hydrogen) atoms. The highest BCUT2D eigenvalue weighted by molar-refractivity contribution is 4.93. The Hall–Kier alpha value is -0.630. The fraction of sp³-hybridized carbons (Fsp3) is 0.917. The fourth-order valence-electron chi connectivity index (χ4n) is 2.16. The number of ether oxygens (including phenoxy) is 1. The van der Waals surface area contributed by atoms with E-state index in [0.717, 1.165) is 32.6 Å². The second kappa shape index (κ2) is 6.85. The molecule has 0 saturated carbocycles. The van der Waals surface area contributed by atoms with Crippen LogP contribution >= 0.6 is 0 Å². The number of hydrogen-bond acceptors (Lipinski definition) is 4. The van der Waals surface area contributed by atoms with Crippen molar-refractivity contribution in [3.05, 3.63) is 0 Å². The summed E-state index contributed by atoms with van der Waals surface area (Å²) >= 11 is 0.